The molecule has 6 nitrogen and oxygen atoms in total. The molecule has 2 aromatic heterocycles. The molecular formula is C26H30N4O2. The number of amides is 1. The lowest BCUT2D eigenvalue weighted by atomic mass is 9.75. The van der Waals surface area contributed by atoms with Crippen LogP contribution in [-0.4, -0.2) is 52.9 Å². The maximum absolute atomic E-state index is 13.3. The Morgan fingerprint density at radius 2 is 1.88 bits per heavy atom. The van der Waals surface area contributed by atoms with Gasteiger partial charge in [0.2, 0.25) is 5.91 Å². The van der Waals surface area contributed by atoms with Crippen molar-refractivity contribution < 1.29 is 9.53 Å². The summed E-state index contributed by atoms with van der Waals surface area (Å²) in [5.74, 6) is 0.943. The zero-order chi connectivity index (χ0) is 22.4. The number of ether oxygens (including phenoxy) is 1. The fraction of sp³-hybridized carbons (Fsp3) is 0.346. The molecule has 166 valence electrons. The van der Waals surface area contributed by atoms with Gasteiger partial charge in [-0.3, -0.25) is 19.7 Å². The Labute approximate surface area is 189 Å². The number of carbonyl (C=O) groups is 1. The van der Waals surface area contributed by atoms with Crippen molar-refractivity contribution >= 4 is 5.91 Å². The average Bonchev–Trinajstić information content (AvgIpc) is 2.84. The maximum atomic E-state index is 13.3. The summed E-state index contributed by atoms with van der Waals surface area (Å²) in [5.41, 5.74) is 2.31. The highest BCUT2D eigenvalue weighted by Gasteiger charge is 2.45. The second-order valence-electron chi connectivity index (χ2n) is 8.57. The Hall–Kier alpha value is -3.25. The Bertz CT molecular complexity index is 1030. The number of aromatic nitrogens is 2. The zero-order valence-electron chi connectivity index (χ0n) is 18.8. The van der Waals surface area contributed by atoms with Gasteiger partial charge in [-0.05, 0) is 61.3 Å². The minimum atomic E-state index is -0.615. The van der Waals surface area contributed by atoms with Crippen molar-refractivity contribution in [2.45, 2.75) is 31.4 Å². The zero-order valence-corrected chi connectivity index (χ0v) is 18.8. The van der Waals surface area contributed by atoms with Crippen LogP contribution in [0.5, 0.6) is 5.75 Å². The molecule has 1 atom stereocenters. The third-order valence-corrected chi connectivity index (χ3v) is 5.96. The van der Waals surface area contributed by atoms with Crippen LogP contribution in [0, 0.1) is 0 Å². The minimum absolute atomic E-state index is 0.119. The standard InChI is InChI=1S/C26H30N4O2/c1-29(2)25(31)26(24-12-4-6-15-28-24)13-8-16-30(20-26)18-21-9-7-11-23(17-21)32-19-22-10-3-5-14-27-22/h3-7,9-12,14-15,17H,8,13,16,18-20H2,1-2H3/t26-/m0/s1. The molecule has 1 fully saturated rings. The van der Waals surface area contributed by atoms with Gasteiger partial charge in [-0.15, -0.1) is 0 Å². The van der Waals surface area contributed by atoms with Crippen LogP contribution in [0.4, 0.5) is 0 Å². The summed E-state index contributed by atoms with van der Waals surface area (Å²) in [6.07, 6.45) is 5.31. The summed E-state index contributed by atoms with van der Waals surface area (Å²) in [4.78, 5) is 26.3. The van der Waals surface area contributed by atoms with Gasteiger partial charge in [-0.1, -0.05) is 24.3 Å². The first-order chi connectivity index (χ1) is 15.6. The number of piperidine rings is 1. The Morgan fingerprint density at radius 3 is 2.59 bits per heavy atom. The van der Waals surface area contributed by atoms with Gasteiger partial charge >= 0.3 is 0 Å². The van der Waals surface area contributed by atoms with Crippen molar-refractivity contribution in [2.75, 3.05) is 27.2 Å². The van der Waals surface area contributed by atoms with Crippen LogP contribution in [0.15, 0.2) is 73.1 Å². The van der Waals surface area contributed by atoms with Crippen molar-refractivity contribution in [3.63, 3.8) is 0 Å². The highest BCUT2D eigenvalue weighted by Crippen LogP contribution is 2.35. The van der Waals surface area contributed by atoms with E-state index in [4.69, 9.17) is 4.74 Å². The van der Waals surface area contributed by atoms with Crippen molar-refractivity contribution in [3.8, 4) is 5.75 Å². The van der Waals surface area contributed by atoms with Gasteiger partial charge in [0, 0.05) is 39.6 Å². The van der Waals surface area contributed by atoms with Crippen LogP contribution >= 0.6 is 0 Å². The number of carbonyl (C=O) groups excluding carboxylic acids is 1. The first-order valence-electron chi connectivity index (χ1n) is 11.0. The fourth-order valence-corrected chi connectivity index (χ4v) is 4.48. The molecule has 0 spiro atoms. The molecule has 6 heteroatoms. The third-order valence-electron chi connectivity index (χ3n) is 5.96. The van der Waals surface area contributed by atoms with E-state index in [1.54, 1.807) is 17.3 Å². The van der Waals surface area contributed by atoms with Gasteiger partial charge in [0.25, 0.3) is 0 Å². The smallest absolute Gasteiger partial charge is 0.235 e. The van der Waals surface area contributed by atoms with Crippen molar-refractivity contribution in [1.82, 2.24) is 19.8 Å². The van der Waals surface area contributed by atoms with E-state index < -0.39 is 5.41 Å². The van der Waals surface area contributed by atoms with E-state index in [1.807, 2.05) is 62.6 Å². The molecule has 1 aliphatic heterocycles. The second kappa shape index (κ2) is 9.92. The Kier molecular flexibility index (Phi) is 6.81. The number of hydrogen-bond donors (Lipinski definition) is 0. The Morgan fingerprint density at radius 1 is 1.06 bits per heavy atom. The number of likely N-dealkylation sites (tertiary alicyclic amines) is 1. The number of rotatable bonds is 7. The van der Waals surface area contributed by atoms with Crippen LogP contribution in [-0.2, 0) is 23.4 Å². The van der Waals surface area contributed by atoms with Crippen LogP contribution in [0.2, 0.25) is 0 Å². The summed E-state index contributed by atoms with van der Waals surface area (Å²) >= 11 is 0. The van der Waals surface area contributed by atoms with Crippen molar-refractivity contribution in [3.05, 3.63) is 90.0 Å². The number of hydrogen-bond acceptors (Lipinski definition) is 5. The highest BCUT2D eigenvalue weighted by molar-refractivity contribution is 5.88. The maximum Gasteiger partial charge on any atom is 0.235 e. The quantitative estimate of drug-likeness (QED) is 0.572. The molecule has 1 aromatic carbocycles. The predicted molar refractivity (Wildman–Crippen MR) is 124 cm³/mol. The van der Waals surface area contributed by atoms with Crippen LogP contribution in [0.25, 0.3) is 0 Å². The first kappa shape index (κ1) is 22.0. The first-order valence-corrected chi connectivity index (χ1v) is 11.0. The summed E-state index contributed by atoms with van der Waals surface area (Å²) in [6.45, 7) is 2.80. The monoisotopic (exact) mass is 430 g/mol. The Balaban J connectivity index is 1.49. The largest absolute Gasteiger partial charge is 0.487 e. The molecule has 0 unspecified atom stereocenters. The molecule has 1 saturated heterocycles. The lowest BCUT2D eigenvalue weighted by molar-refractivity contribution is -0.137. The lowest BCUT2D eigenvalue weighted by Gasteiger charge is -2.42. The normalized spacial score (nSPS) is 18.8. The lowest BCUT2D eigenvalue weighted by Crippen LogP contribution is -2.54. The molecule has 3 aromatic rings. The highest BCUT2D eigenvalue weighted by atomic mass is 16.5. The second-order valence-corrected chi connectivity index (χ2v) is 8.57. The van der Waals surface area contributed by atoms with E-state index in [9.17, 15) is 4.79 Å². The van der Waals surface area contributed by atoms with Crippen molar-refractivity contribution in [2.24, 2.45) is 0 Å². The molecule has 4 rings (SSSR count). The number of pyridine rings is 2. The molecule has 1 aliphatic rings. The number of benzene rings is 1. The molecular weight excluding hydrogens is 400 g/mol. The summed E-state index contributed by atoms with van der Waals surface area (Å²) < 4.78 is 5.95. The van der Waals surface area contributed by atoms with Gasteiger partial charge in [0.05, 0.1) is 11.4 Å². The average molecular weight is 431 g/mol. The van der Waals surface area contributed by atoms with Crippen LogP contribution in [0.1, 0.15) is 29.8 Å². The summed E-state index contributed by atoms with van der Waals surface area (Å²) in [5, 5.41) is 0. The summed E-state index contributed by atoms with van der Waals surface area (Å²) in [7, 11) is 3.66. The predicted octanol–water partition coefficient (Wildman–Crippen LogP) is 3.68. The SMILES string of the molecule is CN(C)C(=O)[C@@]1(c2ccccn2)CCCN(Cc2cccc(OCc3ccccn3)c2)C1. The molecule has 3 heterocycles. The molecule has 0 aliphatic carbocycles. The van der Waals surface area contributed by atoms with Gasteiger partial charge in [0.15, 0.2) is 0 Å². The van der Waals surface area contributed by atoms with Gasteiger partial charge in [0.1, 0.15) is 17.8 Å². The molecule has 1 amide bonds. The molecule has 0 radical (unpaired) electrons. The third kappa shape index (κ3) is 4.97. The van der Waals surface area contributed by atoms with Crippen LogP contribution in [0.3, 0.4) is 0 Å². The van der Waals surface area contributed by atoms with Crippen LogP contribution < -0.4 is 4.74 Å². The molecule has 0 bridgehead atoms. The minimum Gasteiger partial charge on any atom is -0.487 e. The molecule has 32 heavy (non-hydrogen) atoms. The van der Waals surface area contributed by atoms with Gasteiger partial charge in [-0.2, -0.15) is 0 Å². The van der Waals surface area contributed by atoms with E-state index in [1.165, 1.54) is 0 Å². The van der Waals surface area contributed by atoms with E-state index in [-0.39, 0.29) is 5.91 Å². The van der Waals surface area contributed by atoms with Crippen molar-refractivity contribution in [1.29, 1.82) is 0 Å². The number of nitrogens with zero attached hydrogens (tertiary/aromatic N) is 4. The van der Waals surface area contributed by atoms with E-state index in [0.29, 0.717) is 13.2 Å². The molecule has 0 saturated carbocycles. The summed E-state index contributed by atoms with van der Waals surface area (Å²) in [6, 6.07) is 19.8. The van der Waals surface area contributed by atoms with Gasteiger partial charge in [-0.25, -0.2) is 0 Å². The van der Waals surface area contributed by atoms with E-state index in [2.05, 4.69) is 27.0 Å². The fourth-order valence-electron chi connectivity index (χ4n) is 4.48. The van der Waals surface area contributed by atoms with E-state index in [0.717, 1.165) is 48.6 Å². The topological polar surface area (TPSA) is 58.6 Å². The molecule has 0 N–H and O–H groups in total. The van der Waals surface area contributed by atoms with E-state index >= 15 is 0 Å². The number of likely N-dealkylation sites (N-methyl/N-ethyl adjacent to an activating group) is 1. The van der Waals surface area contributed by atoms with Gasteiger partial charge < -0.3 is 9.64 Å².